The lowest BCUT2D eigenvalue weighted by atomic mass is 9.89. The first kappa shape index (κ1) is 106. The van der Waals surface area contributed by atoms with E-state index in [1.165, 1.54) is 28.4 Å². The molecule has 2 aliphatic heterocycles. The number of hydrogen-bond acceptors (Lipinski definition) is 20. The molecule has 4 rings (SSSR count). The lowest BCUT2D eigenvalue weighted by Crippen LogP contribution is -2.59. The lowest BCUT2D eigenvalue weighted by molar-refractivity contribution is -0.148. The molecule has 11 amide bonds. The number of ether oxygens (including phenoxy) is 5. The number of amides is 11. The quantitative estimate of drug-likeness (QED) is 0.0291. The summed E-state index contributed by atoms with van der Waals surface area (Å²) < 4.78 is 30.1. The molecule has 121 heavy (non-hydrogen) atoms. The number of carbonyl (C=O) groups is 11. The Balaban J connectivity index is 1.51. The fraction of sp³-hybridized carbons (Fsp3) is 0.744. The van der Waals surface area contributed by atoms with Crippen molar-refractivity contribution in [1.82, 2.24) is 66.6 Å². The van der Waals surface area contributed by atoms with Crippen molar-refractivity contribution in [2.75, 3.05) is 123 Å². The molecular weight excluding hydrogens is 1550 g/mol. The van der Waals surface area contributed by atoms with Crippen molar-refractivity contribution in [2.45, 2.75) is 265 Å². The van der Waals surface area contributed by atoms with Gasteiger partial charge in [-0.3, -0.25) is 62.5 Å². The van der Waals surface area contributed by atoms with Crippen molar-refractivity contribution in [3.05, 3.63) is 71.8 Å². The standard InChI is InChI=1S/C90H154N14O17/c1-25-59(11)78(101(19)89(114)74(55(3)4)97-87(112)76(57(7)8)99(15)16)70(116-21)52-72(105)103-46-35-42-68(103)80(118-23)61(13)82(107)94-54-65(64-39-31-28-32-40-64)84(109)92-44-34-33-41-66(85(110)93-45-48-120-49-50-121-91)95-86(111)67(51-63-37-29-27-30-38-63)96-83(108)62(14)81(119-24)69-43-36-47-104(69)73(106)53-71(117-22)79(60(12)26-2)102(20)90(115)75(56(5)6)98-88(113)77(58(9)10)100(17)18/h27-32,37-40,55-62,65-71,74-81H,25-26,33-36,41-54,91H2,1-24H3,(H,92,109)(H,93,110)(H,94,107)(H,95,111)(H,96,108)(H,97,112)(H,98,113)/t59-,60-,61+,62+,65?,66?,67-,68-,69-,70+,71+,74-,75-,76-,77-,78?,79?,80+,81+/m0/s1. The number of nitrogens with zero attached hydrogens (tertiary/aromatic N) is 6. The van der Waals surface area contributed by atoms with Crippen LogP contribution in [0.4, 0.5) is 0 Å². The van der Waals surface area contributed by atoms with Crippen LogP contribution < -0.4 is 43.1 Å². The smallest absolute Gasteiger partial charge is 0.245 e. The first-order valence-electron chi connectivity index (χ1n) is 43.9. The average Bonchev–Trinajstić information content (AvgIpc) is 1.79. The molecular formula is C90H154N14O17. The van der Waals surface area contributed by atoms with Gasteiger partial charge in [-0.1, -0.05) is 170 Å². The number of carbonyl (C=O) groups excluding carboxylic acids is 11. The van der Waals surface area contributed by atoms with Crippen LogP contribution in [-0.4, -0.2) is 302 Å². The highest BCUT2D eigenvalue weighted by molar-refractivity contribution is 5.94. The van der Waals surface area contributed by atoms with E-state index in [2.05, 4.69) is 42.1 Å². The van der Waals surface area contributed by atoms with E-state index in [0.29, 0.717) is 70.0 Å². The van der Waals surface area contributed by atoms with E-state index in [-0.39, 0.29) is 142 Å². The summed E-state index contributed by atoms with van der Waals surface area (Å²) in [6.07, 6.45) is 1.26. The van der Waals surface area contributed by atoms with E-state index in [1.54, 1.807) is 71.8 Å². The minimum Gasteiger partial charge on any atom is -0.379 e. The Kier molecular flexibility index (Phi) is 46.6. The van der Waals surface area contributed by atoms with Crippen LogP contribution in [0.2, 0.25) is 0 Å². The predicted octanol–water partition coefficient (Wildman–Crippen LogP) is 5.70. The van der Waals surface area contributed by atoms with Crippen molar-refractivity contribution in [3.8, 4) is 0 Å². The predicted molar refractivity (Wildman–Crippen MR) is 467 cm³/mol. The molecule has 19 atom stereocenters. The summed E-state index contributed by atoms with van der Waals surface area (Å²) in [7, 11) is 16.8. The van der Waals surface area contributed by atoms with E-state index in [9.17, 15) is 52.7 Å². The zero-order valence-corrected chi connectivity index (χ0v) is 77.4. The van der Waals surface area contributed by atoms with E-state index in [4.69, 9.17) is 29.6 Å². The summed E-state index contributed by atoms with van der Waals surface area (Å²) in [6, 6.07) is 11.0. The summed E-state index contributed by atoms with van der Waals surface area (Å²) in [4.78, 5) is 174. The van der Waals surface area contributed by atoms with E-state index < -0.39 is 126 Å². The van der Waals surface area contributed by atoms with Gasteiger partial charge in [0.05, 0.1) is 111 Å². The molecule has 2 saturated heterocycles. The van der Waals surface area contributed by atoms with Gasteiger partial charge in [0.2, 0.25) is 65.0 Å². The molecule has 2 aliphatic rings. The molecule has 9 N–H and O–H groups in total. The molecule has 2 aromatic carbocycles. The molecule has 2 fully saturated rings. The summed E-state index contributed by atoms with van der Waals surface area (Å²) in [5, 5.41) is 21.0. The molecule has 4 unspecified atom stereocenters. The fourth-order valence-electron chi connectivity index (χ4n) is 17.5. The molecule has 2 heterocycles. The van der Waals surface area contributed by atoms with Crippen LogP contribution in [-0.2, 0) is 87.7 Å². The van der Waals surface area contributed by atoms with Crippen LogP contribution in [0.3, 0.4) is 0 Å². The summed E-state index contributed by atoms with van der Waals surface area (Å²) >= 11 is 0. The topological polar surface area (TPSA) is 373 Å². The van der Waals surface area contributed by atoms with Crippen LogP contribution in [0.25, 0.3) is 0 Å². The zero-order valence-electron chi connectivity index (χ0n) is 77.4. The van der Waals surface area contributed by atoms with E-state index in [1.807, 2.05) is 157 Å². The third-order valence-corrected chi connectivity index (χ3v) is 24.5. The van der Waals surface area contributed by atoms with E-state index >= 15 is 0 Å². The number of hydrogen-bond donors (Lipinski definition) is 8. The third-order valence-electron chi connectivity index (χ3n) is 24.5. The highest BCUT2D eigenvalue weighted by Crippen LogP contribution is 2.33. The zero-order chi connectivity index (χ0) is 90.7. The molecule has 31 heteroatoms. The summed E-state index contributed by atoms with van der Waals surface area (Å²) in [5.74, 6) is -2.16. The molecule has 0 bridgehead atoms. The monoisotopic (exact) mass is 1700 g/mol. The van der Waals surface area contributed by atoms with Gasteiger partial charge in [-0.25, -0.2) is 5.90 Å². The number of unbranched alkanes of at least 4 members (excludes halogenated alkanes) is 1. The Morgan fingerprint density at radius 2 is 0.909 bits per heavy atom. The summed E-state index contributed by atoms with van der Waals surface area (Å²) in [5.41, 5.74) is 1.37. The second-order valence-corrected chi connectivity index (χ2v) is 35.0. The molecule has 0 radical (unpaired) electrons. The number of methoxy groups -OCH3 is 4. The van der Waals surface area contributed by atoms with Gasteiger partial charge < -0.3 is 85.3 Å². The van der Waals surface area contributed by atoms with Crippen LogP contribution in [0.15, 0.2) is 60.7 Å². The SMILES string of the molecule is CC[C@H](C)C([C@@H](CC(=O)N1CCC[C@H]1[C@H](OC)[C@@H](C)C(=O)NCC(C(=O)NCCCCC(NC(=O)[C@H](Cc1ccccc1)NC(=O)[C@H](C)[C@@H](OC)[C@@H]1CCCN1C(=O)C[C@@H](OC)C([C@@H](C)CC)N(C)C(=O)[C@@H](NC(=O)[C@H](C(C)C)N(C)C)C(C)C)C(=O)NCCOCCON)c1ccccc1)OC)N(C)C(=O)[C@@H](NC(=O)[C@H](C(C)C)N(C)C)C(C)C. The Labute approximate surface area is 722 Å². The Morgan fingerprint density at radius 3 is 1.32 bits per heavy atom. The van der Waals surface area contributed by atoms with Crippen molar-refractivity contribution < 1.29 is 81.3 Å². The largest absolute Gasteiger partial charge is 0.379 e. The molecule has 0 aromatic heterocycles. The van der Waals surface area contributed by atoms with Gasteiger partial charge >= 0.3 is 0 Å². The molecule has 31 nitrogen and oxygen atoms in total. The van der Waals surface area contributed by atoms with Crippen molar-refractivity contribution in [2.24, 2.45) is 53.2 Å². The van der Waals surface area contributed by atoms with E-state index in [0.717, 1.165) is 5.56 Å². The molecule has 0 aliphatic carbocycles. The van der Waals surface area contributed by atoms with Gasteiger partial charge in [-0.2, -0.15) is 0 Å². The van der Waals surface area contributed by atoms with Gasteiger partial charge in [0.15, 0.2) is 0 Å². The summed E-state index contributed by atoms with van der Waals surface area (Å²) in [6.45, 7) is 28.2. The maximum absolute atomic E-state index is 14.9. The number of benzene rings is 2. The maximum Gasteiger partial charge on any atom is 0.245 e. The van der Waals surface area contributed by atoms with Gasteiger partial charge in [0, 0.05) is 81.7 Å². The minimum absolute atomic E-state index is 0.0125. The Hall–Kier alpha value is -7.75. The van der Waals surface area contributed by atoms with Crippen molar-refractivity contribution >= 4 is 65.0 Å². The van der Waals surface area contributed by atoms with Gasteiger partial charge in [-0.15, -0.1) is 0 Å². The Bertz CT molecular complexity index is 3490. The number of rotatable bonds is 55. The molecule has 0 spiro atoms. The Morgan fingerprint density at radius 1 is 0.471 bits per heavy atom. The molecule has 686 valence electrons. The minimum atomic E-state index is -1.21. The first-order chi connectivity index (χ1) is 57.3. The second-order valence-electron chi connectivity index (χ2n) is 35.0. The number of likely N-dealkylation sites (tertiary alicyclic amines) is 2. The van der Waals surface area contributed by atoms with Gasteiger partial charge in [0.1, 0.15) is 24.2 Å². The van der Waals surface area contributed by atoms with Crippen molar-refractivity contribution in [3.63, 3.8) is 0 Å². The third kappa shape index (κ3) is 31.2. The maximum atomic E-state index is 14.9. The highest BCUT2D eigenvalue weighted by Gasteiger charge is 2.47. The van der Waals surface area contributed by atoms with Crippen LogP contribution in [0.1, 0.15) is 185 Å². The highest BCUT2D eigenvalue weighted by atomic mass is 16.6. The second kappa shape index (κ2) is 53.4. The van der Waals surface area contributed by atoms with Crippen molar-refractivity contribution in [1.29, 1.82) is 0 Å². The van der Waals surface area contributed by atoms with Crippen LogP contribution in [0, 0.1) is 47.3 Å². The average molecular weight is 1700 g/mol. The molecule has 0 saturated carbocycles. The normalized spacial score (nSPS) is 18.6. The lowest BCUT2D eigenvalue weighted by Gasteiger charge is -2.41. The first-order valence-corrected chi connectivity index (χ1v) is 43.9. The van der Waals surface area contributed by atoms with Gasteiger partial charge in [-0.05, 0) is 120 Å². The number of nitrogens with one attached hydrogen (secondary N) is 7. The van der Waals surface area contributed by atoms with Gasteiger partial charge in [0.25, 0.3) is 0 Å². The van der Waals surface area contributed by atoms with Crippen LogP contribution >= 0.6 is 0 Å². The van der Waals surface area contributed by atoms with Crippen LogP contribution in [0.5, 0.6) is 0 Å². The fourth-order valence-corrected chi connectivity index (χ4v) is 17.5. The number of nitrogens with two attached hydrogens (primary N) is 1. The number of likely N-dealkylation sites (N-methyl/N-ethyl adjacent to an activating group) is 4. The molecule has 2 aromatic rings.